The summed E-state index contributed by atoms with van der Waals surface area (Å²) >= 11 is 0. The third-order valence-corrected chi connectivity index (χ3v) is 2.98. The first-order chi connectivity index (χ1) is 9.38. The van der Waals surface area contributed by atoms with Crippen molar-refractivity contribution < 1.29 is 22.8 Å². The Kier molecular flexibility index (Phi) is 3.96. The predicted molar refractivity (Wildman–Crippen MR) is 66.4 cm³/mol. The van der Waals surface area contributed by atoms with Gasteiger partial charge in [0.2, 0.25) is 5.91 Å². The van der Waals surface area contributed by atoms with E-state index in [1.165, 1.54) is 4.90 Å². The van der Waals surface area contributed by atoms with Gasteiger partial charge in [-0.05, 0) is 18.6 Å². The summed E-state index contributed by atoms with van der Waals surface area (Å²) in [6.07, 6.45) is -5.40. The smallest absolute Gasteiger partial charge is 0.343 e. The maximum Gasteiger partial charge on any atom is 0.389 e. The SMILES string of the molecule is O=C1NCC(=O)N(CCCC(F)(F)F)c2ccccc21. The van der Waals surface area contributed by atoms with Crippen LogP contribution >= 0.6 is 0 Å². The molecule has 0 aromatic heterocycles. The molecule has 7 heteroatoms. The molecule has 0 fully saturated rings. The first-order valence-corrected chi connectivity index (χ1v) is 6.13. The number of hydrogen-bond donors (Lipinski definition) is 1. The van der Waals surface area contributed by atoms with Gasteiger partial charge in [-0.25, -0.2) is 0 Å². The lowest BCUT2D eigenvalue weighted by Gasteiger charge is -2.22. The molecule has 2 rings (SSSR count). The van der Waals surface area contributed by atoms with E-state index in [0.717, 1.165) is 0 Å². The topological polar surface area (TPSA) is 49.4 Å². The Morgan fingerprint density at radius 3 is 2.60 bits per heavy atom. The Balaban J connectivity index is 2.19. The molecule has 1 N–H and O–H groups in total. The highest BCUT2D eigenvalue weighted by Crippen LogP contribution is 2.25. The third kappa shape index (κ3) is 3.28. The number of benzene rings is 1. The Morgan fingerprint density at radius 2 is 1.90 bits per heavy atom. The van der Waals surface area contributed by atoms with Crippen LogP contribution in [0.3, 0.4) is 0 Å². The van der Waals surface area contributed by atoms with Gasteiger partial charge < -0.3 is 10.2 Å². The zero-order valence-corrected chi connectivity index (χ0v) is 10.5. The fourth-order valence-electron chi connectivity index (χ4n) is 2.06. The van der Waals surface area contributed by atoms with Gasteiger partial charge in [-0.3, -0.25) is 9.59 Å². The standard InChI is InChI=1S/C13H13F3N2O2/c14-13(15,16)6-3-7-18-10-5-2-1-4-9(10)12(20)17-8-11(18)19/h1-2,4-5H,3,6-8H2,(H,17,20). The van der Waals surface area contributed by atoms with Gasteiger partial charge in [0.1, 0.15) is 0 Å². The van der Waals surface area contributed by atoms with Crippen LogP contribution in [0.2, 0.25) is 0 Å². The molecule has 1 aromatic rings. The quantitative estimate of drug-likeness (QED) is 0.925. The highest BCUT2D eigenvalue weighted by molar-refractivity contribution is 6.09. The first-order valence-electron chi connectivity index (χ1n) is 6.13. The molecule has 4 nitrogen and oxygen atoms in total. The van der Waals surface area contributed by atoms with E-state index in [1.807, 2.05) is 0 Å². The number of carbonyl (C=O) groups is 2. The Bertz CT molecular complexity index is 529. The van der Waals surface area contributed by atoms with E-state index in [2.05, 4.69) is 5.32 Å². The molecule has 0 saturated carbocycles. The summed E-state index contributed by atoms with van der Waals surface area (Å²) in [4.78, 5) is 24.9. The maximum atomic E-state index is 12.2. The second-order valence-electron chi connectivity index (χ2n) is 4.46. The number of anilines is 1. The summed E-state index contributed by atoms with van der Waals surface area (Å²) in [5.74, 6) is -0.808. The van der Waals surface area contributed by atoms with E-state index in [-0.39, 0.29) is 19.5 Å². The molecule has 0 spiro atoms. The number of nitrogens with zero attached hydrogens (tertiary/aromatic N) is 1. The molecule has 1 aromatic carbocycles. The van der Waals surface area contributed by atoms with E-state index >= 15 is 0 Å². The molecule has 1 heterocycles. The zero-order valence-electron chi connectivity index (χ0n) is 10.5. The molecule has 0 aliphatic carbocycles. The van der Waals surface area contributed by atoms with Crippen molar-refractivity contribution in [2.24, 2.45) is 0 Å². The number of halogens is 3. The number of hydrogen-bond acceptors (Lipinski definition) is 2. The molecular formula is C13H13F3N2O2. The fourth-order valence-corrected chi connectivity index (χ4v) is 2.06. The van der Waals surface area contributed by atoms with Crippen LogP contribution in [0.1, 0.15) is 23.2 Å². The van der Waals surface area contributed by atoms with Gasteiger partial charge in [0.05, 0.1) is 17.8 Å². The number of fused-ring (bicyclic) bond motifs is 1. The van der Waals surface area contributed by atoms with Crippen molar-refractivity contribution in [3.05, 3.63) is 29.8 Å². The van der Waals surface area contributed by atoms with Gasteiger partial charge in [-0.1, -0.05) is 12.1 Å². The Labute approximate surface area is 113 Å². The second-order valence-corrected chi connectivity index (χ2v) is 4.46. The lowest BCUT2D eigenvalue weighted by atomic mass is 10.1. The fraction of sp³-hybridized carbons (Fsp3) is 0.385. The summed E-state index contributed by atoms with van der Waals surface area (Å²) in [6.45, 7) is -0.274. The van der Waals surface area contributed by atoms with Crippen LogP contribution in [0.15, 0.2) is 24.3 Å². The molecular weight excluding hydrogens is 273 g/mol. The molecule has 0 atom stereocenters. The normalized spacial score (nSPS) is 15.7. The number of rotatable bonds is 3. The van der Waals surface area contributed by atoms with Crippen molar-refractivity contribution in [2.45, 2.75) is 19.0 Å². The van der Waals surface area contributed by atoms with E-state index in [1.54, 1.807) is 24.3 Å². The molecule has 1 aliphatic heterocycles. The van der Waals surface area contributed by atoms with Gasteiger partial charge >= 0.3 is 6.18 Å². The third-order valence-electron chi connectivity index (χ3n) is 2.98. The number of amides is 2. The second kappa shape index (κ2) is 5.52. The van der Waals surface area contributed by atoms with E-state index < -0.39 is 24.4 Å². The van der Waals surface area contributed by atoms with Gasteiger partial charge in [-0.15, -0.1) is 0 Å². The van der Waals surface area contributed by atoms with Crippen LogP contribution in [0.5, 0.6) is 0 Å². The monoisotopic (exact) mass is 286 g/mol. The zero-order chi connectivity index (χ0) is 14.8. The predicted octanol–water partition coefficient (Wildman–Crippen LogP) is 2.11. The molecule has 1 aliphatic rings. The first kappa shape index (κ1) is 14.4. The minimum absolute atomic E-state index is 0.0652. The lowest BCUT2D eigenvalue weighted by Crippen LogP contribution is -2.37. The van der Waals surface area contributed by atoms with Crippen molar-refractivity contribution in [2.75, 3.05) is 18.0 Å². The molecule has 0 unspecified atom stereocenters. The number of carbonyl (C=O) groups excluding carboxylic acids is 2. The largest absolute Gasteiger partial charge is 0.389 e. The van der Waals surface area contributed by atoms with Crippen molar-refractivity contribution in [3.8, 4) is 0 Å². The molecule has 0 radical (unpaired) electrons. The lowest BCUT2D eigenvalue weighted by molar-refractivity contribution is -0.135. The number of nitrogens with one attached hydrogen (secondary N) is 1. The van der Waals surface area contributed by atoms with Gasteiger partial charge in [0, 0.05) is 13.0 Å². The van der Waals surface area contributed by atoms with Gasteiger partial charge in [0.25, 0.3) is 5.91 Å². The van der Waals surface area contributed by atoms with Crippen LogP contribution in [-0.4, -0.2) is 31.1 Å². The molecule has 0 bridgehead atoms. The number of alkyl halides is 3. The highest BCUT2D eigenvalue weighted by atomic mass is 19.4. The Morgan fingerprint density at radius 1 is 1.20 bits per heavy atom. The molecule has 0 saturated heterocycles. The van der Waals surface area contributed by atoms with E-state index in [9.17, 15) is 22.8 Å². The van der Waals surface area contributed by atoms with Gasteiger partial charge in [0.15, 0.2) is 0 Å². The average Bonchev–Trinajstić information content (AvgIpc) is 2.50. The van der Waals surface area contributed by atoms with Crippen LogP contribution in [-0.2, 0) is 4.79 Å². The highest BCUT2D eigenvalue weighted by Gasteiger charge is 2.29. The van der Waals surface area contributed by atoms with Crippen LogP contribution in [0, 0.1) is 0 Å². The molecule has 108 valence electrons. The minimum Gasteiger partial charge on any atom is -0.343 e. The van der Waals surface area contributed by atoms with Crippen molar-refractivity contribution in [1.82, 2.24) is 5.32 Å². The maximum absolute atomic E-state index is 12.2. The van der Waals surface area contributed by atoms with Gasteiger partial charge in [-0.2, -0.15) is 13.2 Å². The summed E-state index contributed by atoms with van der Waals surface area (Å²) in [5.41, 5.74) is 0.653. The van der Waals surface area contributed by atoms with Crippen molar-refractivity contribution in [1.29, 1.82) is 0 Å². The summed E-state index contributed by atoms with van der Waals surface area (Å²) in [5, 5.41) is 2.43. The summed E-state index contributed by atoms with van der Waals surface area (Å²) < 4.78 is 36.5. The molecule has 20 heavy (non-hydrogen) atoms. The van der Waals surface area contributed by atoms with Crippen LogP contribution in [0.4, 0.5) is 18.9 Å². The van der Waals surface area contributed by atoms with Crippen molar-refractivity contribution in [3.63, 3.8) is 0 Å². The van der Waals surface area contributed by atoms with Crippen LogP contribution in [0.25, 0.3) is 0 Å². The average molecular weight is 286 g/mol. The Hall–Kier alpha value is -2.05. The summed E-state index contributed by atoms with van der Waals surface area (Å²) in [7, 11) is 0. The summed E-state index contributed by atoms with van der Waals surface area (Å²) in [6, 6.07) is 6.38. The molecule has 2 amide bonds. The van der Waals surface area contributed by atoms with E-state index in [0.29, 0.717) is 11.3 Å². The minimum atomic E-state index is -4.25. The van der Waals surface area contributed by atoms with Crippen molar-refractivity contribution >= 4 is 17.5 Å². The number of para-hydroxylation sites is 1. The van der Waals surface area contributed by atoms with Crippen LogP contribution < -0.4 is 10.2 Å². The van der Waals surface area contributed by atoms with E-state index in [4.69, 9.17) is 0 Å².